The van der Waals surface area contributed by atoms with Gasteiger partial charge in [-0.1, -0.05) is 19.4 Å². The van der Waals surface area contributed by atoms with Gasteiger partial charge >= 0.3 is 6.09 Å². The van der Waals surface area contributed by atoms with Crippen LogP contribution in [-0.2, 0) is 14.3 Å². The van der Waals surface area contributed by atoms with Crippen molar-refractivity contribution in [3.05, 3.63) is 29.3 Å². The van der Waals surface area contributed by atoms with Gasteiger partial charge in [0, 0.05) is 13.1 Å². The van der Waals surface area contributed by atoms with Crippen molar-refractivity contribution in [1.29, 1.82) is 0 Å². The number of phenolic OH excluding ortho intramolecular Hbond substituents is 1. The number of aromatic hydroxyl groups is 1. The number of nitrogens with zero attached hydrogens (tertiary/aromatic N) is 1. The van der Waals surface area contributed by atoms with Crippen molar-refractivity contribution < 1.29 is 29.3 Å². The van der Waals surface area contributed by atoms with Gasteiger partial charge in [-0.2, -0.15) is 11.8 Å². The van der Waals surface area contributed by atoms with Gasteiger partial charge < -0.3 is 30.5 Å². The van der Waals surface area contributed by atoms with Crippen molar-refractivity contribution in [1.82, 2.24) is 15.5 Å². The quantitative estimate of drug-likeness (QED) is 0.300. The molecule has 2 atom stereocenters. The third-order valence-corrected chi connectivity index (χ3v) is 5.79. The molecule has 0 bridgehead atoms. The third kappa shape index (κ3) is 10.4. The van der Waals surface area contributed by atoms with Crippen molar-refractivity contribution in [3.8, 4) is 5.75 Å². The van der Waals surface area contributed by atoms with Gasteiger partial charge in [0.15, 0.2) is 0 Å². The fourth-order valence-electron chi connectivity index (χ4n) is 3.42. The maximum atomic E-state index is 13.7. The molecule has 0 fully saturated rings. The Morgan fingerprint density at radius 2 is 1.91 bits per heavy atom. The van der Waals surface area contributed by atoms with Gasteiger partial charge in [0.25, 0.3) is 0 Å². The molecule has 198 valence electrons. The molecule has 1 aromatic carbocycles. The molecule has 4 N–H and O–H groups in total. The number of phenols is 1. The summed E-state index contributed by atoms with van der Waals surface area (Å²) in [5, 5.41) is 25.3. The van der Waals surface area contributed by atoms with Crippen LogP contribution in [0, 0.1) is 6.92 Å². The molecule has 1 rings (SSSR count). The van der Waals surface area contributed by atoms with Crippen LogP contribution in [0.2, 0.25) is 0 Å². The number of alkyl carbamates (subject to hydrolysis) is 1. The number of unbranched alkanes of at least 4 members (excludes halogenated alkanes) is 1. The van der Waals surface area contributed by atoms with Gasteiger partial charge in [0.05, 0.1) is 6.61 Å². The molecule has 3 amide bonds. The van der Waals surface area contributed by atoms with Crippen LogP contribution in [0.15, 0.2) is 18.2 Å². The molecule has 0 aliphatic carbocycles. The number of ether oxygens (including phenoxy) is 1. The summed E-state index contributed by atoms with van der Waals surface area (Å²) in [5.41, 5.74) is 0.306. The van der Waals surface area contributed by atoms with E-state index in [9.17, 15) is 24.6 Å². The summed E-state index contributed by atoms with van der Waals surface area (Å²) in [6.45, 7) is 8.85. The Bertz CT molecular complexity index is 843. The monoisotopic (exact) mass is 511 g/mol. The standard InChI is InChI=1S/C25H41N3O6S/c1-7-8-12-26-22(31)21(18-9-10-20(30)17(2)16-18)28(13-14-29)23(32)19(11-15-35-6)27-24(33)34-25(3,4)5/h9-10,16,19,21,29-30H,7-8,11-15H2,1-6H3,(H,26,31)(H,27,33). The Labute approximate surface area is 213 Å². The normalized spacial score (nSPS) is 13.0. The third-order valence-electron chi connectivity index (χ3n) is 5.15. The molecule has 0 spiro atoms. The van der Waals surface area contributed by atoms with Crippen LogP contribution in [-0.4, -0.2) is 76.4 Å². The average Bonchev–Trinajstić information content (AvgIpc) is 2.77. The lowest BCUT2D eigenvalue weighted by Crippen LogP contribution is -2.54. The van der Waals surface area contributed by atoms with Gasteiger partial charge in [-0.3, -0.25) is 9.59 Å². The van der Waals surface area contributed by atoms with Crippen LogP contribution in [0.3, 0.4) is 0 Å². The molecule has 0 saturated heterocycles. The van der Waals surface area contributed by atoms with Crippen molar-refractivity contribution in [2.45, 2.75) is 71.6 Å². The molecule has 0 aliphatic heterocycles. The zero-order valence-corrected chi connectivity index (χ0v) is 22.5. The van der Waals surface area contributed by atoms with Crippen LogP contribution >= 0.6 is 11.8 Å². The Kier molecular flexibility index (Phi) is 13.0. The average molecular weight is 512 g/mol. The summed E-state index contributed by atoms with van der Waals surface area (Å²) < 4.78 is 5.34. The zero-order valence-electron chi connectivity index (χ0n) is 21.7. The van der Waals surface area contributed by atoms with Crippen LogP contribution < -0.4 is 10.6 Å². The van der Waals surface area contributed by atoms with E-state index in [1.807, 2.05) is 13.2 Å². The number of rotatable bonds is 13. The van der Waals surface area contributed by atoms with E-state index in [0.29, 0.717) is 29.8 Å². The van der Waals surface area contributed by atoms with E-state index < -0.39 is 35.6 Å². The first kappa shape index (κ1) is 30.6. The smallest absolute Gasteiger partial charge is 0.408 e. The van der Waals surface area contributed by atoms with Crippen molar-refractivity contribution >= 4 is 29.7 Å². The largest absolute Gasteiger partial charge is 0.508 e. The number of aryl methyl sites for hydroxylation is 1. The SMILES string of the molecule is CCCCNC(=O)C(c1ccc(O)c(C)c1)N(CCO)C(=O)C(CCSC)NC(=O)OC(C)(C)C. The molecule has 0 radical (unpaired) electrons. The van der Waals surface area contributed by atoms with Crippen molar-refractivity contribution in [2.75, 3.05) is 31.7 Å². The Hall–Kier alpha value is -2.46. The first-order valence-electron chi connectivity index (χ1n) is 11.9. The predicted octanol–water partition coefficient (Wildman–Crippen LogP) is 3.13. The zero-order chi connectivity index (χ0) is 26.6. The highest BCUT2D eigenvalue weighted by Crippen LogP contribution is 2.27. The molecule has 35 heavy (non-hydrogen) atoms. The minimum atomic E-state index is -1.05. The van der Waals surface area contributed by atoms with Gasteiger partial charge in [-0.15, -0.1) is 0 Å². The molecule has 10 heteroatoms. The molecule has 0 aromatic heterocycles. The number of carbonyl (C=O) groups is 3. The van der Waals surface area contributed by atoms with E-state index in [2.05, 4.69) is 10.6 Å². The Balaban J connectivity index is 3.39. The van der Waals surface area contributed by atoms with Gasteiger partial charge in [0.1, 0.15) is 23.4 Å². The summed E-state index contributed by atoms with van der Waals surface area (Å²) >= 11 is 1.52. The number of aliphatic hydroxyl groups is 1. The summed E-state index contributed by atoms with van der Waals surface area (Å²) in [6, 6.07) is 2.70. The van der Waals surface area contributed by atoms with E-state index in [4.69, 9.17) is 4.74 Å². The van der Waals surface area contributed by atoms with E-state index in [1.54, 1.807) is 39.8 Å². The molecule has 9 nitrogen and oxygen atoms in total. The van der Waals surface area contributed by atoms with Crippen molar-refractivity contribution in [3.63, 3.8) is 0 Å². The summed E-state index contributed by atoms with van der Waals surface area (Å²) in [6.07, 6.45) is 3.14. The second kappa shape index (κ2) is 14.8. The second-order valence-electron chi connectivity index (χ2n) is 9.33. The minimum absolute atomic E-state index is 0.0726. The second-order valence-corrected chi connectivity index (χ2v) is 10.3. The maximum Gasteiger partial charge on any atom is 0.408 e. The number of hydrogen-bond donors (Lipinski definition) is 4. The van der Waals surface area contributed by atoms with Gasteiger partial charge in [-0.05, 0) is 75.8 Å². The van der Waals surface area contributed by atoms with E-state index in [-0.39, 0.29) is 18.9 Å². The van der Waals surface area contributed by atoms with Crippen LogP contribution in [0.4, 0.5) is 4.79 Å². The maximum absolute atomic E-state index is 13.7. The summed E-state index contributed by atoms with van der Waals surface area (Å²) in [4.78, 5) is 40.8. The Morgan fingerprint density at radius 3 is 2.46 bits per heavy atom. The molecular weight excluding hydrogens is 470 g/mol. The molecule has 0 heterocycles. The molecule has 0 aliphatic rings. The van der Waals surface area contributed by atoms with Crippen LogP contribution in [0.5, 0.6) is 5.75 Å². The van der Waals surface area contributed by atoms with Gasteiger partial charge in [-0.25, -0.2) is 4.79 Å². The lowest BCUT2D eigenvalue weighted by atomic mass is 10.00. The summed E-state index contributed by atoms with van der Waals surface area (Å²) in [5.74, 6) is -0.236. The highest BCUT2D eigenvalue weighted by molar-refractivity contribution is 7.98. The number of carbonyl (C=O) groups excluding carboxylic acids is 3. The lowest BCUT2D eigenvalue weighted by Gasteiger charge is -2.34. The molecular formula is C25H41N3O6S. The predicted molar refractivity (Wildman–Crippen MR) is 138 cm³/mol. The highest BCUT2D eigenvalue weighted by atomic mass is 32.2. The number of thioether (sulfide) groups is 1. The van der Waals surface area contributed by atoms with E-state index >= 15 is 0 Å². The fourth-order valence-corrected chi connectivity index (χ4v) is 3.90. The topological polar surface area (TPSA) is 128 Å². The van der Waals surface area contributed by atoms with E-state index in [0.717, 1.165) is 12.8 Å². The number of benzene rings is 1. The fraction of sp³-hybridized carbons (Fsp3) is 0.640. The highest BCUT2D eigenvalue weighted by Gasteiger charge is 2.36. The molecule has 1 aromatic rings. The number of aliphatic hydroxyl groups excluding tert-OH is 1. The van der Waals surface area contributed by atoms with Crippen molar-refractivity contribution in [2.24, 2.45) is 0 Å². The van der Waals surface area contributed by atoms with Crippen LogP contribution in [0.25, 0.3) is 0 Å². The molecule has 2 unspecified atom stereocenters. The molecule has 0 saturated carbocycles. The first-order chi connectivity index (χ1) is 16.4. The van der Waals surface area contributed by atoms with Gasteiger partial charge in [0.2, 0.25) is 11.8 Å². The van der Waals surface area contributed by atoms with E-state index in [1.165, 1.54) is 22.7 Å². The number of nitrogens with one attached hydrogen (secondary N) is 2. The first-order valence-corrected chi connectivity index (χ1v) is 13.3. The lowest BCUT2D eigenvalue weighted by molar-refractivity contribution is -0.143. The van der Waals surface area contributed by atoms with Crippen LogP contribution in [0.1, 0.15) is 64.1 Å². The minimum Gasteiger partial charge on any atom is -0.508 e. The number of amides is 3. The Morgan fingerprint density at radius 1 is 1.23 bits per heavy atom. The number of hydrogen-bond acceptors (Lipinski definition) is 7. The summed E-state index contributed by atoms with van der Waals surface area (Å²) in [7, 11) is 0.